The molecule has 1 unspecified atom stereocenters. The highest BCUT2D eigenvalue weighted by Gasteiger charge is 2.21. The zero-order chi connectivity index (χ0) is 17.6. The number of nitrogens with one attached hydrogen (secondary N) is 1. The van der Waals surface area contributed by atoms with E-state index in [1.54, 1.807) is 23.5 Å². The van der Waals surface area contributed by atoms with Gasteiger partial charge in [0, 0.05) is 44.8 Å². The van der Waals surface area contributed by atoms with Crippen LogP contribution in [0.15, 0.2) is 30.3 Å². The van der Waals surface area contributed by atoms with E-state index >= 15 is 0 Å². The zero-order valence-electron chi connectivity index (χ0n) is 14.9. The first-order valence-electron chi connectivity index (χ1n) is 8.90. The van der Waals surface area contributed by atoms with Crippen molar-refractivity contribution in [3.8, 4) is 0 Å². The summed E-state index contributed by atoms with van der Waals surface area (Å²) in [5.41, 5.74) is 0.980. The molecule has 1 atom stereocenters. The van der Waals surface area contributed by atoms with E-state index in [1.807, 2.05) is 24.3 Å². The highest BCUT2D eigenvalue weighted by atomic mass is 32.1. The van der Waals surface area contributed by atoms with Crippen LogP contribution in [0.1, 0.15) is 18.4 Å². The van der Waals surface area contributed by atoms with Crippen LogP contribution in [-0.4, -0.2) is 66.5 Å². The first-order chi connectivity index (χ1) is 12.2. The summed E-state index contributed by atoms with van der Waals surface area (Å²) in [7, 11) is 2.16. The van der Waals surface area contributed by atoms with Gasteiger partial charge in [-0.15, -0.1) is 11.3 Å². The van der Waals surface area contributed by atoms with Crippen molar-refractivity contribution in [2.24, 2.45) is 0 Å². The maximum Gasteiger partial charge on any atom is 0.244 e. The number of likely N-dealkylation sites (N-methyl/N-ethyl adjacent to an activating group) is 1. The molecule has 1 aromatic carbocycles. The summed E-state index contributed by atoms with van der Waals surface area (Å²) in [5, 5.41) is 3.91. The summed E-state index contributed by atoms with van der Waals surface area (Å²) in [6, 6.07) is 8.43. The molecule has 1 saturated heterocycles. The highest BCUT2D eigenvalue weighted by Crippen LogP contribution is 2.22. The lowest BCUT2D eigenvalue weighted by molar-refractivity contribution is -0.116. The molecule has 0 saturated carbocycles. The molecule has 1 N–H and O–H groups in total. The van der Waals surface area contributed by atoms with Crippen LogP contribution in [0.5, 0.6) is 0 Å². The Morgan fingerprint density at radius 2 is 2.08 bits per heavy atom. The average molecular weight is 359 g/mol. The number of piperazine rings is 1. The van der Waals surface area contributed by atoms with Crippen molar-refractivity contribution < 1.29 is 4.79 Å². The summed E-state index contributed by atoms with van der Waals surface area (Å²) in [4.78, 5) is 21.5. The van der Waals surface area contributed by atoms with Gasteiger partial charge >= 0.3 is 0 Å². The largest absolute Gasteiger partial charge is 0.351 e. The number of aromatic nitrogens is 1. The van der Waals surface area contributed by atoms with Gasteiger partial charge in [-0.1, -0.05) is 19.1 Å². The smallest absolute Gasteiger partial charge is 0.244 e. The van der Waals surface area contributed by atoms with Gasteiger partial charge in [-0.25, -0.2) is 4.98 Å². The number of hydrogen-bond acceptors (Lipinski definition) is 5. The summed E-state index contributed by atoms with van der Waals surface area (Å²) < 4.78 is 1.14. The molecule has 1 aliphatic heterocycles. The number of hydrogen-bond donors (Lipinski definition) is 1. The Morgan fingerprint density at radius 3 is 2.80 bits per heavy atom. The molecule has 3 rings (SSSR count). The van der Waals surface area contributed by atoms with Crippen LogP contribution in [0.25, 0.3) is 16.3 Å². The Kier molecular flexibility index (Phi) is 6.18. The highest BCUT2D eigenvalue weighted by molar-refractivity contribution is 7.19. The van der Waals surface area contributed by atoms with Crippen LogP contribution in [0.2, 0.25) is 0 Å². The van der Waals surface area contributed by atoms with Crippen molar-refractivity contribution in [1.82, 2.24) is 20.1 Å². The fourth-order valence-electron chi connectivity index (χ4n) is 3.10. The maximum absolute atomic E-state index is 12.1. The molecule has 0 bridgehead atoms. The minimum Gasteiger partial charge on any atom is -0.351 e. The van der Waals surface area contributed by atoms with Gasteiger partial charge in [-0.05, 0) is 31.7 Å². The molecule has 1 aliphatic rings. The SMILES string of the molecule is CCC(CNC(=O)C=Cc1nc2ccccc2s1)N1CCN(C)CC1. The number of rotatable bonds is 6. The number of amides is 1. The molecule has 2 heterocycles. The summed E-state index contributed by atoms with van der Waals surface area (Å²) in [6.45, 7) is 7.23. The van der Waals surface area contributed by atoms with E-state index < -0.39 is 0 Å². The molecular formula is C19H26N4OS. The fourth-order valence-corrected chi connectivity index (χ4v) is 3.97. The molecule has 6 heteroatoms. The van der Waals surface area contributed by atoms with Crippen LogP contribution >= 0.6 is 11.3 Å². The summed E-state index contributed by atoms with van der Waals surface area (Å²) >= 11 is 1.60. The molecule has 0 spiro atoms. The molecule has 1 amide bonds. The second-order valence-electron chi connectivity index (χ2n) is 6.50. The Morgan fingerprint density at radius 1 is 1.32 bits per heavy atom. The Hall–Kier alpha value is -1.76. The standard InChI is InChI=1S/C19H26N4OS/c1-3-15(23-12-10-22(2)11-13-23)14-20-18(24)8-9-19-21-16-6-4-5-7-17(16)25-19/h4-9,15H,3,10-14H2,1-2H3,(H,20,24). The van der Waals surface area contributed by atoms with Crippen LogP contribution in [0.3, 0.4) is 0 Å². The topological polar surface area (TPSA) is 48.5 Å². The van der Waals surface area contributed by atoms with Crippen molar-refractivity contribution >= 4 is 33.5 Å². The van der Waals surface area contributed by atoms with Gasteiger partial charge in [-0.3, -0.25) is 9.69 Å². The monoisotopic (exact) mass is 358 g/mol. The van der Waals surface area contributed by atoms with E-state index in [2.05, 4.69) is 34.1 Å². The first kappa shape index (κ1) is 18.0. The number of thiazole rings is 1. The third kappa shape index (κ3) is 4.87. The van der Waals surface area contributed by atoms with Crippen LogP contribution in [-0.2, 0) is 4.79 Å². The number of carbonyl (C=O) groups excluding carboxylic acids is 1. The molecule has 134 valence electrons. The van der Waals surface area contributed by atoms with Crippen molar-refractivity contribution in [3.63, 3.8) is 0 Å². The quantitative estimate of drug-likeness (QED) is 0.806. The normalized spacial score (nSPS) is 18.0. The molecule has 2 aromatic rings. The van der Waals surface area contributed by atoms with Gasteiger partial charge in [0.05, 0.1) is 10.2 Å². The van der Waals surface area contributed by atoms with E-state index in [1.165, 1.54) is 0 Å². The van der Waals surface area contributed by atoms with Crippen molar-refractivity contribution in [2.75, 3.05) is 39.8 Å². The third-order valence-electron chi connectivity index (χ3n) is 4.73. The van der Waals surface area contributed by atoms with Crippen molar-refractivity contribution in [2.45, 2.75) is 19.4 Å². The van der Waals surface area contributed by atoms with E-state index in [0.29, 0.717) is 12.6 Å². The molecule has 25 heavy (non-hydrogen) atoms. The second-order valence-corrected chi connectivity index (χ2v) is 7.56. The second kappa shape index (κ2) is 8.56. The minimum atomic E-state index is -0.0492. The number of fused-ring (bicyclic) bond motifs is 1. The van der Waals surface area contributed by atoms with Crippen molar-refractivity contribution in [3.05, 3.63) is 35.3 Å². The Bertz CT molecular complexity index is 701. The van der Waals surface area contributed by atoms with Gasteiger partial charge in [-0.2, -0.15) is 0 Å². The molecule has 1 fully saturated rings. The number of benzene rings is 1. The lowest BCUT2D eigenvalue weighted by atomic mass is 10.1. The van der Waals surface area contributed by atoms with E-state index in [-0.39, 0.29) is 5.91 Å². The Balaban J connectivity index is 1.51. The van der Waals surface area contributed by atoms with E-state index in [4.69, 9.17) is 0 Å². The first-order valence-corrected chi connectivity index (χ1v) is 9.71. The summed E-state index contributed by atoms with van der Waals surface area (Å²) in [6.07, 6.45) is 4.44. The molecule has 0 aliphatic carbocycles. The number of carbonyl (C=O) groups is 1. The molecular weight excluding hydrogens is 332 g/mol. The lowest BCUT2D eigenvalue weighted by Gasteiger charge is -2.37. The number of nitrogens with zero attached hydrogens (tertiary/aromatic N) is 3. The Labute approximate surface area is 153 Å². The van der Waals surface area contributed by atoms with Crippen LogP contribution in [0, 0.1) is 0 Å². The molecule has 0 radical (unpaired) electrons. The van der Waals surface area contributed by atoms with Gasteiger partial charge in [0.25, 0.3) is 0 Å². The van der Waals surface area contributed by atoms with Gasteiger partial charge in [0.2, 0.25) is 5.91 Å². The van der Waals surface area contributed by atoms with E-state index in [0.717, 1.165) is 47.8 Å². The van der Waals surface area contributed by atoms with Crippen molar-refractivity contribution in [1.29, 1.82) is 0 Å². The zero-order valence-corrected chi connectivity index (χ0v) is 15.8. The maximum atomic E-state index is 12.1. The van der Waals surface area contributed by atoms with Gasteiger partial charge < -0.3 is 10.2 Å². The molecule has 5 nitrogen and oxygen atoms in total. The van der Waals surface area contributed by atoms with Gasteiger partial charge in [0.1, 0.15) is 5.01 Å². The average Bonchev–Trinajstić information content (AvgIpc) is 3.05. The van der Waals surface area contributed by atoms with Crippen LogP contribution in [0.4, 0.5) is 0 Å². The van der Waals surface area contributed by atoms with E-state index in [9.17, 15) is 4.79 Å². The number of para-hydroxylation sites is 1. The van der Waals surface area contributed by atoms with Crippen LogP contribution < -0.4 is 5.32 Å². The third-order valence-corrected chi connectivity index (χ3v) is 5.73. The van der Waals surface area contributed by atoms with Gasteiger partial charge in [0.15, 0.2) is 0 Å². The predicted molar refractivity (Wildman–Crippen MR) is 105 cm³/mol. The predicted octanol–water partition coefficient (Wildman–Crippen LogP) is 2.45. The fraction of sp³-hybridized carbons (Fsp3) is 0.474. The lowest BCUT2D eigenvalue weighted by Crippen LogP contribution is -2.52. The summed E-state index contributed by atoms with van der Waals surface area (Å²) in [5.74, 6) is -0.0492. The molecule has 1 aromatic heterocycles. The minimum absolute atomic E-state index is 0.0492.